The fourth-order valence-electron chi connectivity index (χ4n) is 1.71. The highest BCUT2D eigenvalue weighted by molar-refractivity contribution is 5.69. The number of carbonyl (C=O) groups is 1. The summed E-state index contributed by atoms with van der Waals surface area (Å²) in [6, 6.07) is 3.87. The molecule has 0 radical (unpaired) electrons. The number of rotatable bonds is 8. The summed E-state index contributed by atoms with van der Waals surface area (Å²) in [4.78, 5) is 11.0. The maximum absolute atomic E-state index is 13.3. The number of ether oxygens (including phenoxy) is 1. The van der Waals surface area contributed by atoms with Crippen LogP contribution in [0.2, 0.25) is 0 Å². The van der Waals surface area contributed by atoms with Gasteiger partial charge in [-0.05, 0) is 38.4 Å². The van der Waals surface area contributed by atoms with Crippen molar-refractivity contribution in [3.8, 4) is 0 Å². The van der Waals surface area contributed by atoms with Gasteiger partial charge < -0.3 is 10.1 Å². The highest BCUT2D eigenvalue weighted by atomic mass is 19.1. The normalized spacial score (nSPS) is 10.5. The molecular weight excluding hydrogens is 252 g/mol. The van der Waals surface area contributed by atoms with Crippen LogP contribution in [-0.2, 0) is 16.0 Å². The van der Waals surface area contributed by atoms with E-state index in [0.29, 0.717) is 39.0 Å². The van der Waals surface area contributed by atoms with Crippen molar-refractivity contribution in [3.63, 3.8) is 0 Å². The fraction of sp³-hybridized carbons (Fsp3) is 0.500. The average Bonchev–Trinajstić information content (AvgIpc) is 2.36. The lowest BCUT2D eigenvalue weighted by Crippen LogP contribution is -2.21. The molecule has 0 heterocycles. The van der Waals surface area contributed by atoms with Crippen LogP contribution in [-0.4, -0.2) is 25.7 Å². The quantitative estimate of drug-likeness (QED) is 0.583. The van der Waals surface area contributed by atoms with Crippen molar-refractivity contribution >= 4 is 5.97 Å². The lowest BCUT2D eigenvalue weighted by atomic mass is 10.1. The molecule has 0 spiro atoms. The average molecular weight is 271 g/mol. The standard InChI is InChI=1S/C14H19F2NO2/c1-2-19-14(18)8-10-17-9-4-5-11-12(15)6-3-7-13(11)16/h3,6-7,17H,2,4-5,8-10H2,1H3. The molecule has 0 saturated carbocycles. The molecule has 0 atom stereocenters. The van der Waals surface area contributed by atoms with Gasteiger partial charge in [0.25, 0.3) is 0 Å². The Hall–Kier alpha value is -1.49. The monoisotopic (exact) mass is 271 g/mol. The lowest BCUT2D eigenvalue weighted by molar-refractivity contribution is -0.142. The van der Waals surface area contributed by atoms with E-state index < -0.39 is 11.6 Å². The number of carbonyl (C=O) groups excluding carboxylic acids is 1. The first-order valence-corrected chi connectivity index (χ1v) is 6.44. The Morgan fingerprint density at radius 2 is 1.95 bits per heavy atom. The van der Waals surface area contributed by atoms with Gasteiger partial charge in [-0.15, -0.1) is 0 Å². The van der Waals surface area contributed by atoms with E-state index >= 15 is 0 Å². The van der Waals surface area contributed by atoms with E-state index in [-0.39, 0.29) is 11.5 Å². The zero-order chi connectivity index (χ0) is 14.1. The number of hydrogen-bond donors (Lipinski definition) is 1. The van der Waals surface area contributed by atoms with Crippen LogP contribution in [0, 0.1) is 11.6 Å². The number of hydrogen-bond acceptors (Lipinski definition) is 3. The molecule has 1 aromatic rings. The van der Waals surface area contributed by atoms with Gasteiger partial charge in [0.1, 0.15) is 11.6 Å². The molecule has 106 valence electrons. The highest BCUT2D eigenvalue weighted by Crippen LogP contribution is 2.13. The van der Waals surface area contributed by atoms with E-state index in [1.165, 1.54) is 18.2 Å². The molecule has 19 heavy (non-hydrogen) atoms. The Morgan fingerprint density at radius 3 is 2.58 bits per heavy atom. The maximum Gasteiger partial charge on any atom is 0.307 e. The predicted octanol–water partition coefficient (Wildman–Crippen LogP) is 2.44. The third-order valence-electron chi connectivity index (χ3n) is 2.65. The van der Waals surface area contributed by atoms with Crippen molar-refractivity contribution in [2.24, 2.45) is 0 Å². The summed E-state index contributed by atoms with van der Waals surface area (Å²) in [5.74, 6) is -1.26. The molecule has 1 rings (SSSR count). The Bertz CT molecular complexity index is 390. The van der Waals surface area contributed by atoms with Crippen molar-refractivity contribution in [1.29, 1.82) is 0 Å². The summed E-state index contributed by atoms with van der Waals surface area (Å²) in [6.07, 6.45) is 1.26. The van der Waals surface area contributed by atoms with Gasteiger partial charge in [-0.1, -0.05) is 6.07 Å². The second-order valence-corrected chi connectivity index (χ2v) is 4.11. The zero-order valence-electron chi connectivity index (χ0n) is 11.0. The molecule has 0 aliphatic heterocycles. The first-order chi connectivity index (χ1) is 9.15. The van der Waals surface area contributed by atoms with Crippen LogP contribution in [0.1, 0.15) is 25.3 Å². The molecule has 3 nitrogen and oxygen atoms in total. The molecule has 1 aromatic carbocycles. The van der Waals surface area contributed by atoms with E-state index in [0.717, 1.165) is 0 Å². The minimum Gasteiger partial charge on any atom is -0.466 e. The highest BCUT2D eigenvalue weighted by Gasteiger charge is 2.07. The third kappa shape index (κ3) is 5.79. The Labute approximate surface area is 112 Å². The SMILES string of the molecule is CCOC(=O)CCNCCCc1c(F)cccc1F. The molecule has 0 bridgehead atoms. The second-order valence-electron chi connectivity index (χ2n) is 4.11. The Balaban J connectivity index is 2.16. The molecular formula is C14H19F2NO2. The van der Waals surface area contributed by atoms with Crippen molar-refractivity contribution in [1.82, 2.24) is 5.32 Å². The van der Waals surface area contributed by atoms with Gasteiger partial charge in [-0.2, -0.15) is 0 Å². The van der Waals surface area contributed by atoms with Crippen LogP contribution in [0.3, 0.4) is 0 Å². The molecule has 0 fully saturated rings. The van der Waals surface area contributed by atoms with Crippen LogP contribution in [0.4, 0.5) is 8.78 Å². The molecule has 0 unspecified atom stereocenters. The van der Waals surface area contributed by atoms with Gasteiger partial charge in [0.05, 0.1) is 13.0 Å². The first kappa shape index (κ1) is 15.6. The minimum atomic E-state index is -0.508. The molecule has 1 N–H and O–H groups in total. The molecule has 5 heteroatoms. The van der Waals surface area contributed by atoms with Crippen LogP contribution >= 0.6 is 0 Å². The van der Waals surface area contributed by atoms with Crippen molar-refractivity contribution in [2.75, 3.05) is 19.7 Å². The third-order valence-corrected chi connectivity index (χ3v) is 2.65. The number of halogens is 2. The topological polar surface area (TPSA) is 38.3 Å². The van der Waals surface area contributed by atoms with Crippen molar-refractivity contribution < 1.29 is 18.3 Å². The smallest absolute Gasteiger partial charge is 0.307 e. The van der Waals surface area contributed by atoms with E-state index in [4.69, 9.17) is 4.74 Å². The van der Waals surface area contributed by atoms with Crippen LogP contribution < -0.4 is 5.32 Å². The fourth-order valence-corrected chi connectivity index (χ4v) is 1.71. The van der Waals surface area contributed by atoms with E-state index in [2.05, 4.69) is 5.32 Å². The number of nitrogens with one attached hydrogen (secondary N) is 1. The van der Waals surface area contributed by atoms with Crippen LogP contribution in [0.5, 0.6) is 0 Å². The predicted molar refractivity (Wildman–Crippen MR) is 68.8 cm³/mol. The number of esters is 1. The molecule has 0 saturated heterocycles. The summed E-state index contributed by atoms with van der Waals surface area (Å²) in [6.45, 7) is 3.26. The summed E-state index contributed by atoms with van der Waals surface area (Å²) in [7, 11) is 0. The van der Waals surface area contributed by atoms with Gasteiger partial charge in [-0.25, -0.2) is 8.78 Å². The molecule has 0 aliphatic carbocycles. The first-order valence-electron chi connectivity index (χ1n) is 6.44. The van der Waals surface area contributed by atoms with Crippen molar-refractivity contribution in [2.45, 2.75) is 26.2 Å². The minimum absolute atomic E-state index is 0.120. The largest absolute Gasteiger partial charge is 0.466 e. The van der Waals surface area contributed by atoms with Gasteiger partial charge in [0.15, 0.2) is 0 Å². The summed E-state index contributed by atoms with van der Waals surface area (Å²) in [5.41, 5.74) is 0.120. The molecule has 0 amide bonds. The van der Waals surface area contributed by atoms with E-state index in [1.807, 2.05) is 0 Å². The van der Waals surface area contributed by atoms with Gasteiger partial charge in [-0.3, -0.25) is 4.79 Å². The van der Waals surface area contributed by atoms with Gasteiger partial charge in [0.2, 0.25) is 0 Å². The Kier molecular flexibility index (Phi) is 7.03. The van der Waals surface area contributed by atoms with E-state index in [9.17, 15) is 13.6 Å². The van der Waals surface area contributed by atoms with Gasteiger partial charge in [0, 0.05) is 12.1 Å². The number of benzene rings is 1. The second kappa shape index (κ2) is 8.58. The van der Waals surface area contributed by atoms with Gasteiger partial charge >= 0.3 is 5.97 Å². The summed E-state index contributed by atoms with van der Waals surface area (Å²) >= 11 is 0. The molecule has 0 aliphatic rings. The van der Waals surface area contributed by atoms with Crippen molar-refractivity contribution in [3.05, 3.63) is 35.4 Å². The Morgan fingerprint density at radius 1 is 1.26 bits per heavy atom. The summed E-state index contributed by atoms with van der Waals surface area (Å²) in [5, 5.41) is 3.04. The maximum atomic E-state index is 13.3. The van der Waals surface area contributed by atoms with E-state index in [1.54, 1.807) is 6.92 Å². The summed E-state index contributed by atoms with van der Waals surface area (Å²) < 4.78 is 31.4. The van der Waals surface area contributed by atoms with Crippen LogP contribution in [0.25, 0.3) is 0 Å². The lowest BCUT2D eigenvalue weighted by Gasteiger charge is -2.06. The van der Waals surface area contributed by atoms with Crippen LogP contribution in [0.15, 0.2) is 18.2 Å². The molecule has 0 aromatic heterocycles. The zero-order valence-corrected chi connectivity index (χ0v) is 11.0.